The molecule has 1 aromatic rings. The molecule has 1 fully saturated rings. The number of thioether (sulfide) groups is 1. The number of thiazole rings is 1. The van der Waals surface area contributed by atoms with E-state index in [9.17, 15) is 0 Å². The van der Waals surface area contributed by atoms with Gasteiger partial charge in [-0.25, -0.2) is 4.98 Å². The molecule has 3 nitrogen and oxygen atoms in total. The molecule has 0 radical (unpaired) electrons. The Hall–Kier alpha value is -0.260. The minimum Gasteiger partial charge on any atom is -0.391 e. The van der Waals surface area contributed by atoms with Gasteiger partial charge in [-0.1, -0.05) is 11.3 Å². The molecular formula is C10H16N2OS2. The molecule has 0 saturated carbocycles. The van der Waals surface area contributed by atoms with E-state index >= 15 is 0 Å². The van der Waals surface area contributed by atoms with Gasteiger partial charge in [-0.15, -0.1) is 0 Å². The normalized spacial score (nSPS) is 22.1. The molecule has 1 aliphatic rings. The first kappa shape index (κ1) is 11.2. The number of rotatable bonds is 2. The lowest BCUT2D eigenvalue weighted by Crippen LogP contribution is -2.40. The van der Waals surface area contributed by atoms with Crippen molar-refractivity contribution in [3.05, 3.63) is 10.6 Å². The van der Waals surface area contributed by atoms with Gasteiger partial charge < -0.3 is 10.0 Å². The summed E-state index contributed by atoms with van der Waals surface area (Å²) < 4.78 is 0. The summed E-state index contributed by atoms with van der Waals surface area (Å²) in [5.74, 6) is 2.35. The number of aliphatic hydroxyl groups is 1. The zero-order valence-electron chi connectivity index (χ0n) is 9.06. The van der Waals surface area contributed by atoms with Crippen molar-refractivity contribution in [3.8, 4) is 0 Å². The first-order valence-electron chi connectivity index (χ1n) is 5.14. The van der Waals surface area contributed by atoms with Crippen LogP contribution >= 0.6 is 23.1 Å². The van der Waals surface area contributed by atoms with Crippen molar-refractivity contribution in [1.82, 2.24) is 4.98 Å². The largest absolute Gasteiger partial charge is 0.391 e. The molecule has 0 amide bonds. The topological polar surface area (TPSA) is 36.4 Å². The molecule has 1 unspecified atom stereocenters. The van der Waals surface area contributed by atoms with E-state index < -0.39 is 0 Å². The van der Waals surface area contributed by atoms with Gasteiger partial charge in [-0.3, -0.25) is 0 Å². The maximum absolute atomic E-state index is 9.14. The average Bonchev–Trinajstić information content (AvgIpc) is 2.60. The summed E-state index contributed by atoms with van der Waals surface area (Å²) in [6.45, 7) is 5.39. The number of aryl methyl sites for hydroxylation is 1. The highest BCUT2D eigenvalue weighted by Crippen LogP contribution is 2.30. The molecule has 0 spiro atoms. The SMILES string of the molecule is Cc1nc(N2CCSCC2C)sc1CO. The summed E-state index contributed by atoms with van der Waals surface area (Å²) >= 11 is 3.63. The number of aliphatic hydroxyl groups excluding tert-OH is 1. The summed E-state index contributed by atoms with van der Waals surface area (Å²) in [6.07, 6.45) is 0. The molecule has 1 N–H and O–H groups in total. The van der Waals surface area contributed by atoms with E-state index in [1.165, 1.54) is 11.5 Å². The Kier molecular flexibility index (Phi) is 3.53. The van der Waals surface area contributed by atoms with E-state index in [-0.39, 0.29) is 6.61 Å². The Morgan fingerprint density at radius 1 is 1.60 bits per heavy atom. The maximum atomic E-state index is 9.14. The summed E-state index contributed by atoms with van der Waals surface area (Å²) in [6, 6.07) is 0.556. The Morgan fingerprint density at radius 2 is 2.40 bits per heavy atom. The Morgan fingerprint density at radius 3 is 3.00 bits per heavy atom. The molecular weight excluding hydrogens is 228 g/mol. The monoisotopic (exact) mass is 244 g/mol. The van der Waals surface area contributed by atoms with Gasteiger partial charge in [0.05, 0.1) is 17.2 Å². The second-order valence-corrected chi connectivity index (χ2v) is 5.99. The van der Waals surface area contributed by atoms with E-state index in [1.807, 2.05) is 18.7 Å². The Bertz CT molecular complexity index is 340. The molecule has 0 aromatic carbocycles. The quantitative estimate of drug-likeness (QED) is 0.862. The van der Waals surface area contributed by atoms with Crippen LogP contribution in [0.3, 0.4) is 0 Å². The van der Waals surface area contributed by atoms with Crippen molar-refractivity contribution >= 4 is 28.2 Å². The first-order valence-corrected chi connectivity index (χ1v) is 7.11. The average molecular weight is 244 g/mol. The van der Waals surface area contributed by atoms with Crippen LogP contribution < -0.4 is 4.90 Å². The minimum atomic E-state index is 0.112. The highest BCUT2D eigenvalue weighted by Gasteiger charge is 2.22. The molecule has 15 heavy (non-hydrogen) atoms. The van der Waals surface area contributed by atoms with E-state index in [1.54, 1.807) is 11.3 Å². The van der Waals surface area contributed by atoms with Crippen LogP contribution in [0.2, 0.25) is 0 Å². The van der Waals surface area contributed by atoms with Gasteiger partial charge >= 0.3 is 0 Å². The molecule has 84 valence electrons. The van der Waals surface area contributed by atoms with Crippen molar-refractivity contribution < 1.29 is 5.11 Å². The number of nitrogens with zero attached hydrogens (tertiary/aromatic N) is 2. The van der Waals surface area contributed by atoms with Crippen LogP contribution in [0.15, 0.2) is 0 Å². The smallest absolute Gasteiger partial charge is 0.186 e. The van der Waals surface area contributed by atoms with Crippen LogP contribution in [0.4, 0.5) is 5.13 Å². The summed E-state index contributed by atoms with van der Waals surface area (Å²) in [5.41, 5.74) is 0.975. The van der Waals surface area contributed by atoms with Crippen LogP contribution in [0, 0.1) is 6.92 Å². The fraction of sp³-hybridized carbons (Fsp3) is 0.700. The van der Waals surface area contributed by atoms with Crippen molar-refractivity contribution in [2.75, 3.05) is 23.0 Å². The van der Waals surface area contributed by atoms with E-state index in [2.05, 4.69) is 16.8 Å². The molecule has 0 aliphatic carbocycles. The third kappa shape index (κ3) is 2.29. The van der Waals surface area contributed by atoms with Crippen LogP contribution in [0.5, 0.6) is 0 Å². The van der Waals surface area contributed by atoms with E-state index in [4.69, 9.17) is 5.11 Å². The van der Waals surface area contributed by atoms with Gasteiger partial charge in [-0.05, 0) is 13.8 Å². The highest BCUT2D eigenvalue weighted by atomic mass is 32.2. The molecule has 1 aromatic heterocycles. The molecule has 1 atom stereocenters. The lowest BCUT2D eigenvalue weighted by atomic mass is 10.3. The Labute approximate surface area is 98.5 Å². The van der Waals surface area contributed by atoms with E-state index in [0.717, 1.165) is 22.2 Å². The Balaban J connectivity index is 2.20. The van der Waals surface area contributed by atoms with Crippen molar-refractivity contribution in [3.63, 3.8) is 0 Å². The van der Waals surface area contributed by atoms with Crippen molar-refractivity contribution in [1.29, 1.82) is 0 Å². The standard InChI is InChI=1S/C10H16N2OS2/c1-7-6-14-4-3-12(7)10-11-8(2)9(5-13)15-10/h7,13H,3-6H2,1-2H3. The fourth-order valence-electron chi connectivity index (χ4n) is 1.69. The summed E-state index contributed by atoms with van der Waals surface area (Å²) in [7, 11) is 0. The number of hydrogen-bond acceptors (Lipinski definition) is 5. The zero-order chi connectivity index (χ0) is 10.8. The van der Waals surface area contributed by atoms with Crippen LogP contribution in [-0.4, -0.2) is 34.2 Å². The lowest BCUT2D eigenvalue weighted by Gasteiger charge is -2.32. The fourth-order valence-corrected chi connectivity index (χ4v) is 3.76. The molecule has 5 heteroatoms. The van der Waals surface area contributed by atoms with Crippen LogP contribution in [0.25, 0.3) is 0 Å². The van der Waals surface area contributed by atoms with E-state index in [0.29, 0.717) is 6.04 Å². The molecule has 1 saturated heterocycles. The van der Waals surface area contributed by atoms with Gasteiger partial charge in [-0.2, -0.15) is 11.8 Å². The number of aromatic nitrogens is 1. The van der Waals surface area contributed by atoms with Crippen molar-refractivity contribution in [2.24, 2.45) is 0 Å². The summed E-state index contributed by atoms with van der Waals surface area (Å²) in [4.78, 5) is 7.88. The van der Waals surface area contributed by atoms with Crippen LogP contribution in [0.1, 0.15) is 17.5 Å². The third-order valence-corrected chi connectivity index (χ3v) is 5.01. The van der Waals surface area contributed by atoms with Gasteiger partial charge in [0.25, 0.3) is 0 Å². The lowest BCUT2D eigenvalue weighted by molar-refractivity contribution is 0.284. The van der Waals surface area contributed by atoms with Crippen LogP contribution in [-0.2, 0) is 6.61 Å². The van der Waals surface area contributed by atoms with Gasteiger partial charge in [0.15, 0.2) is 5.13 Å². The van der Waals surface area contributed by atoms with Gasteiger partial charge in [0.1, 0.15) is 0 Å². The predicted molar refractivity (Wildman–Crippen MR) is 66.9 cm³/mol. The molecule has 0 bridgehead atoms. The summed E-state index contributed by atoms with van der Waals surface area (Å²) in [5, 5.41) is 10.2. The second kappa shape index (κ2) is 4.72. The number of hydrogen-bond donors (Lipinski definition) is 1. The maximum Gasteiger partial charge on any atom is 0.186 e. The molecule has 2 rings (SSSR count). The zero-order valence-corrected chi connectivity index (χ0v) is 10.7. The second-order valence-electron chi connectivity index (χ2n) is 3.78. The minimum absolute atomic E-state index is 0.112. The highest BCUT2D eigenvalue weighted by molar-refractivity contribution is 7.99. The molecule has 2 heterocycles. The third-order valence-electron chi connectivity index (χ3n) is 2.64. The first-order chi connectivity index (χ1) is 7.22. The molecule has 1 aliphatic heterocycles. The van der Waals surface area contributed by atoms with Gasteiger partial charge in [0, 0.05) is 24.1 Å². The van der Waals surface area contributed by atoms with Gasteiger partial charge in [0.2, 0.25) is 0 Å². The predicted octanol–water partition coefficient (Wildman–Crippen LogP) is 1.89. The van der Waals surface area contributed by atoms with Crippen molar-refractivity contribution in [2.45, 2.75) is 26.5 Å². The number of anilines is 1.